The number of carbonyl (C=O) groups is 3. The fourth-order valence-corrected chi connectivity index (χ4v) is 4.33. The SMILES string of the molecule is CCN(CC)/[N+]([O-])=N/OCC1=CS[C@@H]2[C@H](NC(=O)Cn3cnnn3)C(=O)N2C1C(=O)O. The Morgan fingerprint density at radius 1 is 1.45 bits per heavy atom. The van der Waals surface area contributed by atoms with Gasteiger partial charge in [-0.1, -0.05) is 0 Å². The Labute approximate surface area is 180 Å². The third-order valence-corrected chi connectivity index (χ3v) is 5.86. The number of nitrogens with one attached hydrogen (secondary N) is 1. The standard InChI is InChI=1S/C15H21N9O6S/c1-3-22(4-2)24(29)20-30-6-9-7-31-14-11(13(26)23(14)12(9)15(27)28)17-10(25)5-21-8-16-18-19-21/h7-8,11-12,14H,3-6H2,1-2H3,(H,17,25)(H,27,28)/b24-20-/t11-,12?,14-/m1/s1. The molecule has 3 heterocycles. The van der Waals surface area contributed by atoms with Gasteiger partial charge < -0.3 is 25.4 Å². The van der Waals surface area contributed by atoms with Crippen molar-refractivity contribution in [2.45, 2.75) is 37.8 Å². The van der Waals surface area contributed by atoms with Gasteiger partial charge in [0.1, 0.15) is 30.9 Å². The predicted octanol–water partition coefficient (Wildman–Crippen LogP) is -1.44. The molecule has 1 unspecified atom stereocenters. The molecule has 31 heavy (non-hydrogen) atoms. The zero-order valence-electron chi connectivity index (χ0n) is 16.7. The smallest absolute Gasteiger partial charge is 0.330 e. The van der Waals surface area contributed by atoms with E-state index in [0.29, 0.717) is 18.1 Å². The molecule has 3 rings (SSSR count). The number of hydrogen-bond acceptors (Lipinski definition) is 10. The average molecular weight is 455 g/mol. The first-order valence-electron chi connectivity index (χ1n) is 9.31. The molecule has 0 aliphatic carbocycles. The van der Waals surface area contributed by atoms with Crippen molar-refractivity contribution in [2.24, 2.45) is 5.28 Å². The molecule has 168 valence electrons. The first-order chi connectivity index (χ1) is 14.9. The summed E-state index contributed by atoms with van der Waals surface area (Å²) < 4.78 is 1.20. The van der Waals surface area contributed by atoms with Crippen molar-refractivity contribution in [3.05, 3.63) is 22.5 Å². The molecule has 0 radical (unpaired) electrons. The number of hydrogen-bond donors (Lipinski definition) is 2. The van der Waals surface area contributed by atoms with Crippen LogP contribution in [-0.4, -0.2) is 95.1 Å². The number of nitrogens with zero attached hydrogens (tertiary/aromatic N) is 8. The maximum Gasteiger partial charge on any atom is 0.330 e. The molecule has 1 fully saturated rings. The van der Waals surface area contributed by atoms with Crippen LogP contribution in [0.3, 0.4) is 0 Å². The van der Waals surface area contributed by atoms with Crippen molar-refractivity contribution in [3.8, 4) is 0 Å². The third kappa shape index (κ3) is 4.68. The Kier molecular flexibility index (Phi) is 6.88. The van der Waals surface area contributed by atoms with Crippen LogP contribution in [0, 0.1) is 5.21 Å². The number of carboxylic acids is 1. The van der Waals surface area contributed by atoms with E-state index in [1.807, 2.05) is 0 Å². The molecule has 0 bridgehead atoms. The summed E-state index contributed by atoms with van der Waals surface area (Å²) >= 11 is 1.17. The van der Waals surface area contributed by atoms with Gasteiger partial charge in [-0.25, -0.2) is 9.48 Å². The Morgan fingerprint density at radius 2 is 2.19 bits per heavy atom. The minimum Gasteiger partial charge on any atom is -0.569 e. The Morgan fingerprint density at radius 3 is 2.81 bits per heavy atom. The van der Waals surface area contributed by atoms with Gasteiger partial charge >= 0.3 is 5.97 Å². The second-order valence-electron chi connectivity index (χ2n) is 6.51. The Bertz CT molecular complexity index is 888. The molecule has 2 aliphatic rings. The second kappa shape index (κ2) is 9.59. The van der Waals surface area contributed by atoms with E-state index < -0.39 is 35.2 Å². The summed E-state index contributed by atoms with van der Waals surface area (Å²) in [7, 11) is 0. The Balaban J connectivity index is 1.63. The largest absolute Gasteiger partial charge is 0.569 e. The zero-order valence-corrected chi connectivity index (χ0v) is 17.5. The van der Waals surface area contributed by atoms with E-state index in [2.05, 4.69) is 26.1 Å². The van der Waals surface area contributed by atoms with E-state index >= 15 is 0 Å². The van der Waals surface area contributed by atoms with Crippen molar-refractivity contribution in [2.75, 3.05) is 19.7 Å². The molecule has 0 saturated carbocycles. The monoisotopic (exact) mass is 455 g/mol. The number of tetrazole rings is 1. The van der Waals surface area contributed by atoms with Crippen molar-refractivity contribution < 1.29 is 29.3 Å². The van der Waals surface area contributed by atoms with Gasteiger partial charge in [0.2, 0.25) is 17.1 Å². The van der Waals surface area contributed by atoms with Gasteiger partial charge in [0.15, 0.2) is 6.04 Å². The summed E-state index contributed by atoms with van der Waals surface area (Å²) in [6.45, 7) is 3.94. The number of thioether (sulfide) groups is 1. The lowest BCUT2D eigenvalue weighted by atomic mass is 9.98. The maximum absolute atomic E-state index is 12.6. The lowest BCUT2D eigenvalue weighted by Gasteiger charge is -2.51. The van der Waals surface area contributed by atoms with Crippen LogP contribution < -0.4 is 5.32 Å². The lowest BCUT2D eigenvalue weighted by molar-refractivity contribution is -0.709. The normalized spacial score (nSPS) is 22.8. The second-order valence-corrected chi connectivity index (χ2v) is 7.50. The Hall–Kier alpha value is -3.43. The van der Waals surface area contributed by atoms with Crippen LogP contribution in [0.25, 0.3) is 0 Å². The van der Waals surface area contributed by atoms with E-state index in [1.165, 1.54) is 27.8 Å². The number of aromatic nitrogens is 4. The summed E-state index contributed by atoms with van der Waals surface area (Å²) in [5, 5.41) is 40.1. The first-order valence-corrected chi connectivity index (χ1v) is 10.3. The zero-order chi connectivity index (χ0) is 22.5. The number of aliphatic carboxylic acids is 1. The van der Waals surface area contributed by atoms with Gasteiger partial charge in [-0.15, -0.1) is 21.9 Å². The molecule has 1 aromatic rings. The van der Waals surface area contributed by atoms with Crippen molar-refractivity contribution in [3.63, 3.8) is 0 Å². The van der Waals surface area contributed by atoms with Crippen LogP contribution in [0.2, 0.25) is 0 Å². The van der Waals surface area contributed by atoms with E-state index in [9.17, 15) is 24.7 Å². The number of amides is 2. The van der Waals surface area contributed by atoms with Crippen molar-refractivity contribution in [1.82, 2.24) is 35.4 Å². The highest BCUT2D eigenvalue weighted by molar-refractivity contribution is 8.02. The summed E-state index contributed by atoms with van der Waals surface area (Å²) in [4.78, 5) is 43.0. The quantitative estimate of drug-likeness (QED) is 0.182. The molecule has 15 nitrogen and oxygen atoms in total. The molecule has 2 amide bonds. The predicted molar refractivity (Wildman–Crippen MR) is 102 cm³/mol. The average Bonchev–Trinajstić information content (AvgIpc) is 3.25. The van der Waals surface area contributed by atoms with Crippen LogP contribution in [0.5, 0.6) is 0 Å². The molecule has 1 saturated heterocycles. The molecular weight excluding hydrogens is 434 g/mol. The number of hydrazine groups is 1. The van der Waals surface area contributed by atoms with Gasteiger partial charge in [0.05, 0.1) is 18.1 Å². The van der Waals surface area contributed by atoms with E-state index in [4.69, 9.17) is 4.84 Å². The van der Waals surface area contributed by atoms with Crippen LogP contribution in [0.15, 0.2) is 22.6 Å². The van der Waals surface area contributed by atoms with Gasteiger partial charge in [0.25, 0.3) is 0 Å². The minimum atomic E-state index is -1.28. The highest BCUT2D eigenvalue weighted by atomic mass is 32.2. The summed E-state index contributed by atoms with van der Waals surface area (Å²) in [6.07, 6.45) is 1.26. The summed E-state index contributed by atoms with van der Waals surface area (Å²) in [6, 6.07) is -2.16. The maximum atomic E-state index is 12.6. The molecular formula is C15H21N9O6S. The number of rotatable bonds is 10. The molecule has 2 aliphatic heterocycles. The van der Waals surface area contributed by atoms with Gasteiger partial charge in [0, 0.05) is 5.57 Å². The first kappa shape index (κ1) is 22.3. The van der Waals surface area contributed by atoms with Gasteiger partial charge in [-0.2, -0.15) is 0 Å². The van der Waals surface area contributed by atoms with E-state index in [1.54, 1.807) is 19.3 Å². The highest BCUT2D eigenvalue weighted by Crippen LogP contribution is 2.40. The van der Waals surface area contributed by atoms with Crippen molar-refractivity contribution in [1.29, 1.82) is 0 Å². The minimum absolute atomic E-state index is 0.175. The molecule has 0 aromatic carbocycles. The molecule has 2 N–H and O–H groups in total. The topological polar surface area (TPSA) is 181 Å². The number of β-lactam (4-membered cyclic amide) rings is 1. The summed E-state index contributed by atoms with van der Waals surface area (Å²) in [5.74, 6) is -2.28. The van der Waals surface area contributed by atoms with Crippen molar-refractivity contribution >= 4 is 29.5 Å². The van der Waals surface area contributed by atoms with E-state index in [0.717, 1.165) is 4.90 Å². The van der Waals surface area contributed by atoms with Crippen LogP contribution in [0.1, 0.15) is 13.8 Å². The third-order valence-electron chi connectivity index (χ3n) is 4.65. The van der Waals surface area contributed by atoms with Crippen LogP contribution >= 0.6 is 11.8 Å². The molecule has 1 aromatic heterocycles. The number of carbonyl (C=O) groups excluding carboxylic acids is 2. The fraction of sp³-hybridized carbons (Fsp3) is 0.600. The van der Waals surface area contributed by atoms with Crippen LogP contribution in [0.4, 0.5) is 0 Å². The molecule has 0 spiro atoms. The molecule has 3 atom stereocenters. The number of fused-ring (bicyclic) bond motifs is 1. The fourth-order valence-electron chi connectivity index (χ4n) is 3.12. The van der Waals surface area contributed by atoms with Gasteiger partial charge in [-0.3, -0.25) is 9.59 Å². The lowest BCUT2D eigenvalue weighted by Crippen LogP contribution is -2.74. The van der Waals surface area contributed by atoms with Crippen LogP contribution in [-0.2, 0) is 25.8 Å². The van der Waals surface area contributed by atoms with Gasteiger partial charge in [-0.05, 0) is 29.7 Å². The van der Waals surface area contributed by atoms with E-state index in [-0.39, 0.29) is 18.7 Å². The number of carboxylic acid groups (broad SMARTS) is 1. The summed E-state index contributed by atoms with van der Waals surface area (Å²) in [5.41, 5.74) is 0.261. The molecule has 16 heteroatoms. The highest BCUT2D eigenvalue weighted by Gasteiger charge is 2.56.